The van der Waals surface area contributed by atoms with Gasteiger partial charge in [0, 0.05) is 24.5 Å². The molecule has 0 aliphatic carbocycles. The number of rotatable bonds is 6. The van der Waals surface area contributed by atoms with Crippen molar-refractivity contribution in [3.05, 3.63) is 54.2 Å². The predicted octanol–water partition coefficient (Wildman–Crippen LogP) is 4.92. The van der Waals surface area contributed by atoms with Crippen LogP contribution in [0.4, 0.5) is 30.6 Å². The maximum absolute atomic E-state index is 12.4. The number of halogens is 3. The van der Waals surface area contributed by atoms with Gasteiger partial charge in [-0.2, -0.15) is 4.98 Å². The van der Waals surface area contributed by atoms with Crippen LogP contribution in [-0.4, -0.2) is 27.9 Å². The molecule has 6 nitrogen and oxygen atoms in total. The van der Waals surface area contributed by atoms with Gasteiger partial charge in [0.05, 0.1) is 11.4 Å². The number of aryl methyl sites for hydroxylation is 1. The van der Waals surface area contributed by atoms with Gasteiger partial charge in [-0.1, -0.05) is 6.07 Å². The number of aromatic nitrogens is 3. The van der Waals surface area contributed by atoms with E-state index < -0.39 is 6.36 Å². The van der Waals surface area contributed by atoms with Crippen LogP contribution in [0.1, 0.15) is 12.5 Å². The van der Waals surface area contributed by atoms with Crippen molar-refractivity contribution >= 4 is 17.5 Å². The molecule has 28 heavy (non-hydrogen) atoms. The van der Waals surface area contributed by atoms with Gasteiger partial charge in [0.25, 0.3) is 0 Å². The van der Waals surface area contributed by atoms with Gasteiger partial charge in [-0.3, -0.25) is 4.98 Å². The SMILES string of the molecule is CCNc1nc(Nc2ccc(OC(F)(F)F)cc2C)cc(-c2ccccn2)n1. The van der Waals surface area contributed by atoms with Crippen molar-refractivity contribution in [2.45, 2.75) is 20.2 Å². The molecular formula is C19H18F3N5O. The lowest BCUT2D eigenvalue weighted by Crippen LogP contribution is -2.17. The van der Waals surface area contributed by atoms with Gasteiger partial charge in [0.1, 0.15) is 11.6 Å². The van der Waals surface area contributed by atoms with Crippen molar-refractivity contribution < 1.29 is 17.9 Å². The zero-order chi connectivity index (χ0) is 20.1. The Morgan fingerprint density at radius 3 is 2.50 bits per heavy atom. The van der Waals surface area contributed by atoms with Crippen molar-refractivity contribution in [2.75, 3.05) is 17.2 Å². The van der Waals surface area contributed by atoms with Gasteiger partial charge in [0.15, 0.2) is 0 Å². The van der Waals surface area contributed by atoms with Crippen LogP contribution >= 0.6 is 0 Å². The lowest BCUT2D eigenvalue weighted by molar-refractivity contribution is -0.274. The number of pyridine rings is 1. The first-order valence-electron chi connectivity index (χ1n) is 8.52. The van der Waals surface area contributed by atoms with Crippen LogP contribution in [-0.2, 0) is 0 Å². The summed E-state index contributed by atoms with van der Waals surface area (Å²) in [6.45, 7) is 4.23. The molecule has 0 saturated heterocycles. The minimum absolute atomic E-state index is 0.277. The van der Waals surface area contributed by atoms with Gasteiger partial charge >= 0.3 is 6.36 Å². The summed E-state index contributed by atoms with van der Waals surface area (Å²) in [5, 5.41) is 6.17. The van der Waals surface area contributed by atoms with Gasteiger partial charge in [-0.15, -0.1) is 13.2 Å². The molecule has 2 N–H and O–H groups in total. The van der Waals surface area contributed by atoms with E-state index in [4.69, 9.17) is 0 Å². The standard InChI is InChI=1S/C19H18F3N5O/c1-3-23-18-26-16(15-6-4-5-9-24-15)11-17(27-18)25-14-8-7-13(10-12(14)2)28-19(20,21)22/h4-11H,3H2,1-2H3,(H2,23,25,26,27). The van der Waals surface area contributed by atoms with E-state index in [2.05, 4.69) is 30.3 Å². The van der Waals surface area contributed by atoms with E-state index in [1.807, 2.05) is 25.1 Å². The molecule has 0 bridgehead atoms. The zero-order valence-corrected chi connectivity index (χ0v) is 15.2. The fourth-order valence-corrected chi connectivity index (χ4v) is 2.51. The summed E-state index contributed by atoms with van der Waals surface area (Å²) in [4.78, 5) is 13.1. The molecular weight excluding hydrogens is 371 g/mol. The first-order valence-corrected chi connectivity index (χ1v) is 8.52. The molecule has 0 radical (unpaired) electrons. The molecule has 2 aromatic heterocycles. The molecule has 2 heterocycles. The molecule has 9 heteroatoms. The minimum Gasteiger partial charge on any atom is -0.406 e. The first kappa shape index (κ1) is 19.4. The second kappa shape index (κ2) is 8.12. The first-order chi connectivity index (χ1) is 13.3. The summed E-state index contributed by atoms with van der Waals surface area (Å²) in [6.07, 6.45) is -3.06. The predicted molar refractivity (Wildman–Crippen MR) is 101 cm³/mol. The highest BCUT2D eigenvalue weighted by molar-refractivity contribution is 5.67. The monoisotopic (exact) mass is 389 g/mol. The lowest BCUT2D eigenvalue weighted by atomic mass is 10.2. The number of nitrogens with zero attached hydrogens (tertiary/aromatic N) is 3. The van der Waals surface area contributed by atoms with Crippen LogP contribution < -0.4 is 15.4 Å². The summed E-state index contributed by atoms with van der Waals surface area (Å²) in [7, 11) is 0. The summed E-state index contributed by atoms with van der Waals surface area (Å²) in [5.74, 6) is 0.628. The Hall–Kier alpha value is -3.36. The van der Waals surface area contributed by atoms with Gasteiger partial charge in [-0.25, -0.2) is 4.98 Å². The van der Waals surface area contributed by atoms with Gasteiger partial charge in [0.2, 0.25) is 5.95 Å². The van der Waals surface area contributed by atoms with Crippen LogP contribution in [0, 0.1) is 6.92 Å². The fourth-order valence-electron chi connectivity index (χ4n) is 2.51. The van der Waals surface area contributed by atoms with Crippen LogP contribution in [0.3, 0.4) is 0 Å². The number of hydrogen-bond donors (Lipinski definition) is 2. The maximum atomic E-state index is 12.4. The third-order valence-electron chi connectivity index (χ3n) is 3.68. The molecule has 0 amide bonds. The number of hydrogen-bond acceptors (Lipinski definition) is 6. The van der Waals surface area contributed by atoms with E-state index in [9.17, 15) is 13.2 Å². The highest BCUT2D eigenvalue weighted by Gasteiger charge is 2.31. The minimum atomic E-state index is -4.73. The van der Waals surface area contributed by atoms with Crippen LogP contribution in [0.2, 0.25) is 0 Å². The topological polar surface area (TPSA) is 72.0 Å². The quantitative estimate of drug-likeness (QED) is 0.623. The Kier molecular flexibility index (Phi) is 5.62. The summed E-state index contributed by atoms with van der Waals surface area (Å²) < 4.78 is 41.1. The molecule has 0 fully saturated rings. The van der Waals surface area contributed by atoms with E-state index in [0.717, 1.165) is 0 Å². The maximum Gasteiger partial charge on any atom is 0.573 e. The number of nitrogens with one attached hydrogen (secondary N) is 2. The molecule has 3 rings (SSSR count). The Balaban J connectivity index is 1.90. The fraction of sp³-hybridized carbons (Fsp3) is 0.211. The third-order valence-corrected chi connectivity index (χ3v) is 3.68. The molecule has 0 saturated carbocycles. The average Bonchev–Trinajstić information content (AvgIpc) is 2.64. The highest BCUT2D eigenvalue weighted by atomic mass is 19.4. The largest absolute Gasteiger partial charge is 0.573 e. The Morgan fingerprint density at radius 1 is 1.04 bits per heavy atom. The van der Waals surface area contributed by atoms with Crippen LogP contribution in [0.5, 0.6) is 5.75 Å². The van der Waals surface area contributed by atoms with E-state index in [1.165, 1.54) is 18.2 Å². The summed E-state index contributed by atoms with van der Waals surface area (Å²) in [5.41, 5.74) is 2.47. The molecule has 0 aliphatic heterocycles. The molecule has 0 aliphatic rings. The van der Waals surface area contributed by atoms with Crippen LogP contribution in [0.15, 0.2) is 48.7 Å². The third kappa shape index (κ3) is 5.09. The second-order valence-corrected chi connectivity index (χ2v) is 5.86. The van der Waals surface area contributed by atoms with E-state index in [-0.39, 0.29) is 5.75 Å². The van der Waals surface area contributed by atoms with Crippen molar-refractivity contribution in [3.63, 3.8) is 0 Å². The number of benzene rings is 1. The van der Waals surface area contributed by atoms with Crippen molar-refractivity contribution in [3.8, 4) is 17.1 Å². The smallest absolute Gasteiger partial charge is 0.406 e. The van der Waals surface area contributed by atoms with Gasteiger partial charge < -0.3 is 15.4 Å². The molecule has 146 valence electrons. The van der Waals surface area contributed by atoms with E-state index in [1.54, 1.807) is 19.2 Å². The average molecular weight is 389 g/mol. The van der Waals surface area contributed by atoms with Crippen molar-refractivity contribution in [2.24, 2.45) is 0 Å². The number of alkyl halides is 3. The molecule has 0 atom stereocenters. The van der Waals surface area contributed by atoms with E-state index in [0.29, 0.717) is 40.9 Å². The lowest BCUT2D eigenvalue weighted by Gasteiger charge is -2.14. The highest BCUT2D eigenvalue weighted by Crippen LogP contribution is 2.29. The van der Waals surface area contributed by atoms with E-state index >= 15 is 0 Å². The second-order valence-electron chi connectivity index (χ2n) is 5.86. The van der Waals surface area contributed by atoms with Crippen molar-refractivity contribution in [1.82, 2.24) is 15.0 Å². The summed E-state index contributed by atoms with van der Waals surface area (Å²) >= 11 is 0. The number of anilines is 3. The Bertz CT molecular complexity index is 948. The number of ether oxygens (including phenoxy) is 1. The molecule has 3 aromatic rings. The Labute approximate surface area is 159 Å². The van der Waals surface area contributed by atoms with Gasteiger partial charge in [-0.05, 0) is 49.7 Å². The molecule has 0 unspecified atom stereocenters. The molecule has 0 spiro atoms. The normalized spacial score (nSPS) is 11.2. The zero-order valence-electron chi connectivity index (χ0n) is 15.2. The summed E-state index contributed by atoms with van der Waals surface area (Å²) in [6, 6.07) is 11.3. The molecule has 1 aromatic carbocycles. The Morgan fingerprint density at radius 2 is 1.86 bits per heavy atom. The van der Waals surface area contributed by atoms with Crippen LogP contribution in [0.25, 0.3) is 11.4 Å². The van der Waals surface area contributed by atoms with Crippen molar-refractivity contribution in [1.29, 1.82) is 0 Å².